The monoisotopic (exact) mass is 311 g/mol. The Labute approximate surface area is 133 Å². The lowest BCUT2D eigenvalue weighted by Crippen LogP contribution is -2.43. The molecule has 0 spiro atoms. The Balaban J connectivity index is 1.98. The number of urea groups is 1. The predicted molar refractivity (Wildman–Crippen MR) is 83.8 cm³/mol. The van der Waals surface area contributed by atoms with E-state index in [1.165, 1.54) is 12.3 Å². The van der Waals surface area contributed by atoms with Crippen molar-refractivity contribution in [2.75, 3.05) is 6.54 Å². The van der Waals surface area contributed by atoms with E-state index in [9.17, 15) is 14.4 Å². The molecule has 0 aliphatic rings. The summed E-state index contributed by atoms with van der Waals surface area (Å²) in [7, 11) is 0. The summed E-state index contributed by atoms with van der Waals surface area (Å²) in [6, 6.07) is 11.8. The van der Waals surface area contributed by atoms with Gasteiger partial charge in [0.25, 0.3) is 5.91 Å². The largest absolute Gasteiger partial charge is 0.467 e. The lowest BCUT2D eigenvalue weighted by Gasteiger charge is -2.16. The van der Waals surface area contributed by atoms with Crippen LogP contribution in [-0.4, -0.2) is 29.7 Å². The van der Waals surface area contributed by atoms with Crippen LogP contribution in [-0.2, 0) is 16.1 Å². The van der Waals surface area contributed by atoms with Crippen LogP contribution in [0.5, 0.6) is 0 Å². The molecule has 1 aromatic heterocycles. The highest BCUT2D eigenvalue weighted by atomic mass is 16.3. The molecule has 1 N–H and O–H groups in total. The highest BCUT2D eigenvalue weighted by Crippen LogP contribution is 2.03. The normalized spacial score (nSPS) is 10.4. The fraction of sp³-hybridized carbons (Fsp3) is 0.118. The summed E-state index contributed by atoms with van der Waals surface area (Å²) in [6.07, 6.45) is 5.84. The molecule has 2 rings (SSSR count). The van der Waals surface area contributed by atoms with Crippen LogP contribution in [0.3, 0.4) is 0 Å². The molecule has 0 saturated carbocycles. The highest BCUT2D eigenvalue weighted by molar-refractivity contribution is 6.03. The van der Waals surface area contributed by atoms with Gasteiger partial charge in [-0.1, -0.05) is 30.3 Å². The molecule has 0 bridgehead atoms. The van der Waals surface area contributed by atoms with Crippen LogP contribution in [0.4, 0.5) is 4.79 Å². The second-order valence-corrected chi connectivity index (χ2v) is 4.55. The van der Waals surface area contributed by atoms with Crippen molar-refractivity contribution in [3.8, 4) is 0 Å². The first kappa shape index (κ1) is 16.2. The van der Waals surface area contributed by atoms with E-state index >= 15 is 0 Å². The number of furan rings is 1. The van der Waals surface area contributed by atoms with Crippen molar-refractivity contribution in [2.45, 2.75) is 6.54 Å². The van der Waals surface area contributed by atoms with Gasteiger partial charge in [-0.2, -0.15) is 0 Å². The minimum absolute atomic E-state index is 0.122. The molecule has 1 heterocycles. The van der Waals surface area contributed by atoms with E-state index in [2.05, 4.69) is 5.32 Å². The third-order valence-electron chi connectivity index (χ3n) is 2.95. The molecule has 1 radical (unpaired) electrons. The first-order chi connectivity index (χ1) is 11.2. The van der Waals surface area contributed by atoms with Gasteiger partial charge in [-0.3, -0.25) is 14.5 Å². The zero-order chi connectivity index (χ0) is 16.5. The number of carbonyl (C=O) groups is 2. The number of benzene rings is 1. The van der Waals surface area contributed by atoms with Crippen LogP contribution in [0.1, 0.15) is 11.3 Å². The topological polar surface area (TPSA) is 79.6 Å². The summed E-state index contributed by atoms with van der Waals surface area (Å²) in [6.45, 7) is -0.321. The van der Waals surface area contributed by atoms with Crippen LogP contribution in [0, 0.1) is 0 Å². The van der Waals surface area contributed by atoms with E-state index in [-0.39, 0.29) is 6.54 Å². The van der Waals surface area contributed by atoms with E-state index < -0.39 is 18.5 Å². The zero-order valence-corrected chi connectivity index (χ0v) is 12.3. The first-order valence-electron chi connectivity index (χ1n) is 6.90. The van der Waals surface area contributed by atoms with Gasteiger partial charge in [0, 0.05) is 6.08 Å². The predicted octanol–water partition coefficient (Wildman–Crippen LogP) is 2.14. The number of rotatable bonds is 6. The minimum atomic E-state index is -0.688. The number of carbonyl (C=O) groups excluding carboxylic acids is 3. The molecule has 2 aromatic rings. The highest BCUT2D eigenvalue weighted by Gasteiger charge is 2.19. The molecule has 0 atom stereocenters. The maximum absolute atomic E-state index is 12.1. The molecule has 23 heavy (non-hydrogen) atoms. The van der Waals surface area contributed by atoms with E-state index in [1.54, 1.807) is 24.5 Å². The Morgan fingerprint density at radius 1 is 1.17 bits per heavy atom. The van der Waals surface area contributed by atoms with Gasteiger partial charge in [0.05, 0.1) is 19.4 Å². The van der Waals surface area contributed by atoms with Gasteiger partial charge in [0.1, 0.15) is 5.76 Å². The maximum Gasteiger partial charge on any atom is 0.325 e. The van der Waals surface area contributed by atoms with Crippen LogP contribution >= 0.6 is 0 Å². The molecule has 0 aliphatic carbocycles. The summed E-state index contributed by atoms with van der Waals surface area (Å²) in [5, 5.41) is 2.51. The van der Waals surface area contributed by atoms with E-state index in [0.29, 0.717) is 5.76 Å². The summed E-state index contributed by atoms with van der Waals surface area (Å²) >= 11 is 0. The number of hydrogen-bond acceptors (Lipinski definition) is 4. The quantitative estimate of drug-likeness (QED) is 0.829. The Hall–Kier alpha value is -3.15. The average Bonchev–Trinajstić information content (AvgIpc) is 3.10. The molecule has 6 nitrogen and oxygen atoms in total. The zero-order valence-electron chi connectivity index (χ0n) is 12.3. The van der Waals surface area contributed by atoms with Crippen molar-refractivity contribution in [2.24, 2.45) is 0 Å². The number of nitrogens with zero attached hydrogens (tertiary/aromatic N) is 1. The maximum atomic E-state index is 12.1. The van der Waals surface area contributed by atoms with Gasteiger partial charge in [-0.05, 0) is 23.8 Å². The summed E-state index contributed by atoms with van der Waals surface area (Å²) in [4.78, 5) is 35.5. The second kappa shape index (κ2) is 8.33. The molecular weight excluding hydrogens is 296 g/mol. The lowest BCUT2D eigenvalue weighted by molar-refractivity contribution is -0.122. The van der Waals surface area contributed by atoms with Crippen LogP contribution < -0.4 is 5.32 Å². The number of hydrogen-bond donors (Lipinski definition) is 1. The Morgan fingerprint density at radius 2 is 1.96 bits per heavy atom. The summed E-state index contributed by atoms with van der Waals surface area (Å²) < 4.78 is 5.08. The summed E-state index contributed by atoms with van der Waals surface area (Å²) in [5.74, 6) is -0.0604. The molecule has 0 unspecified atom stereocenters. The summed E-state index contributed by atoms with van der Waals surface area (Å²) in [5.41, 5.74) is 0.812. The van der Waals surface area contributed by atoms with Crippen molar-refractivity contribution in [1.82, 2.24) is 10.2 Å². The Kier molecular flexibility index (Phi) is 5.88. The number of amides is 3. The lowest BCUT2D eigenvalue weighted by atomic mass is 10.2. The van der Waals surface area contributed by atoms with Crippen molar-refractivity contribution in [3.63, 3.8) is 0 Å². The van der Waals surface area contributed by atoms with Crippen molar-refractivity contribution in [1.29, 1.82) is 0 Å². The van der Waals surface area contributed by atoms with Gasteiger partial charge in [0.15, 0.2) is 0 Å². The third kappa shape index (κ3) is 4.96. The smallest absolute Gasteiger partial charge is 0.325 e. The van der Waals surface area contributed by atoms with E-state index in [4.69, 9.17) is 4.42 Å². The average molecular weight is 311 g/mol. The number of nitrogens with one attached hydrogen (secondary N) is 1. The van der Waals surface area contributed by atoms with Crippen LogP contribution in [0.25, 0.3) is 6.08 Å². The van der Waals surface area contributed by atoms with E-state index in [1.807, 2.05) is 30.3 Å². The molecule has 0 fully saturated rings. The molecular formula is C17H15N2O4. The fourth-order valence-electron chi connectivity index (χ4n) is 1.81. The van der Waals surface area contributed by atoms with Crippen LogP contribution in [0.2, 0.25) is 0 Å². The van der Waals surface area contributed by atoms with Gasteiger partial charge in [0.2, 0.25) is 6.29 Å². The molecule has 6 heteroatoms. The molecule has 3 amide bonds. The van der Waals surface area contributed by atoms with Gasteiger partial charge < -0.3 is 9.73 Å². The van der Waals surface area contributed by atoms with Crippen molar-refractivity contribution < 1.29 is 18.8 Å². The third-order valence-corrected chi connectivity index (χ3v) is 2.95. The van der Waals surface area contributed by atoms with Crippen molar-refractivity contribution in [3.05, 3.63) is 66.1 Å². The van der Waals surface area contributed by atoms with Gasteiger partial charge in [-0.25, -0.2) is 4.79 Å². The van der Waals surface area contributed by atoms with Crippen LogP contribution in [0.15, 0.2) is 59.2 Å². The fourth-order valence-corrected chi connectivity index (χ4v) is 1.81. The number of imide groups is 1. The molecule has 0 aliphatic heterocycles. The van der Waals surface area contributed by atoms with E-state index in [0.717, 1.165) is 10.5 Å². The SMILES string of the molecule is O=[C]CN(C(=O)/C=C/c1ccccc1)C(=O)NCc1ccco1. The minimum Gasteiger partial charge on any atom is -0.467 e. The van der Waals surface area contributed by atoms with Gasteiger partial charge >= 0.3 is 6.03 Å². The van der Waals surface area contributed by atoms with Crippen molar-refractivity contribution >= 4 is 24.3 Å². The molecule has 117 valence electrons. The Morgan fingerprint density at radius 3 is 2.61 bits per heavy atom. The Bertz CT molecular complexity index is 678. The second-order valence-electron chi connectivity index (χ2n) is 4.55. The van der Waals surface area contributed by atoms with Gasteiger partial charge in [-0.15, -0.1) is 0 Å². The standard InChI is InChI=1S/C17H15N2O4/c20-11-10-19(17(22)18-13-15-7-4-12-23-15)16(21)9-8-14-5-2-1-3-6-14/h1-9,12H,10,13H2,(H,18,22)/b9-8+. The molecule has 1 aromatic carbocycles. The first-order valence-corrected chi connectivity index (χ1v) is 6.90. The molecule has 0 saturated heterocycles.